The molecule has 9 heteroatoms. The highest BCUT2D eigenvalue weighted by molar-refractivity contribution is 7.19. The Kier molecular flexibility index (Phi) is 8.76. The van der Waals surface area contributed by atoms with Gasteiger partial charge in [-0.25, -0.2) is 15.0 Å². The van der Waals surface area contributed by atoms with E-state index in [0.717, 1.165) is 60.2 Å². The van der Waals surface area contributed by atoms with E-state index in [1.807, 2.05) is 30.3 Å². The van der Waals surface area contributed by atoms with E-state index in [2.05, 4.69) is 50.7 Å². The van der Waals surface area contributed by atoms with E-state index in [4.69, 9.17) is 15.0 Å². The van der Waals surface area contributed by atoms with Crippen molar-refractivity contribution in [3.63, 3.8) is 0 Å². The fourth-order valence-electron chi connectivity index (χ4n) is 4.42. The number of hydrogen-bond acceptors (Lipinski definition) is 8. The molecule has 204 valence electrons. The fourth-order valence-corrected chi connectivity index (χ4v) is 5.43. The zero-order valence-electron chi connectivity index (χ0n) is 23.8. The van der Waals surface area contributed by atoms with Crippen molar-refractivity contribution in [1.29, 1.82) is 5.26 Å². The summed E-state index contributed by atoms with van der Waals surface area (Å²) in [6, 6.07) is 12.1. The molecule has 0 spiro atoms. The molecule has 3 aromatic rings. The highest BCUT2D eigenvalue weighted by Crippen LogP contribution is 2.41. The number of thiazole rings is 1. The van der Waals surface area contributed by atoms with Gasteiger partial charge in [0.05, 0.1) is 0 Å². The molecule has 4 rings (SSSR count). The minimum Gasteiger partial charge on any atom is -0.348 e. The first-order valence-corrected chi connectivity index (χ1v) is 14.5. The number of benzene rings is 1. The Labute approximate surface area is 235 Å². The highest BCUT2D eigenvalue weighted by atomic mass is 32.1. The van der Waals surface area contributed by atoms with Crippen molar-refractivity contribution in [2.45, 2.75) is 73.6 Å². The number of carbonyl (C=O) groups is 1. The summed E-state index contributed by atoms with van der Waals surface area (Å²) in [7, 11) is 0. The molecule has 39 heavy (non-hydrogen) atoms. The lowest BCUT2D eigenvalue weighted by atomic mass is 9.92. The van der Waals surface area contributed by atoms with Crippen LogP contribution in [0.4, 0.5) is 10.1 Å². The zero-order chi connectivity index (χ0) is 28.2. The Morgan fingerprint density at radius 2 is 1.74 bits per heavy atom. The third kappa shape index (κ3) is 6.34. The van der Waals surface area contributed by atoms with Gasteiger partial charge in [-0.3, -0.25) is 4.79 Å². The third-order valence-electron chi connectivity index (χ3n) is 6.49. The molecule has 1 aliphatic rings. The van der Waals surface area contributed by atoms with Crippen molar-refractivity contribution in [2.24, 2.45) is 10.4 Å². The minimum absolute atomic E-state index is 0.0342. The molecular formula is C30H37N7OS. The summed E-state index contributed by atoms with van der Waals surface area (Å²) in [6.45, 7) is 14.3. The van der Waals surface area contributed by atoms with E-state index >= 15 is 0 Å². The van der Waals surface area contributed by atoms with Gasteiger partial charge in [-0.05, 0) is 25.2 Å². The number of unbranched alkanes of at least 4 members (excludes halogenated alkanes) is 2. The van der Waals surface area contributed by atoms with Crippen molar-refractivity contribution >= 4 is 33.1 Å². The average molecular weight is 544 g/mol. The van der Waals surface area contributed by atoms with Crippen LogP contribution in [0.2, 0.25) is 0 Å². The lowest BCUT2D eigenvalue weighted by Crippen LogP contribution is -2.28. The smallest absolute Gasteiger partial charge is 0.291 e. The van der Waals surface area contributed by atoms with Crippen LogP contribution in [0, 0.1) is 16.7 Å². The first kappa shape index (κ1) is 28.4. The summed E-state index contributed by atoms with van der Waals surface area (Å²) >= 11 is 1.54. The number of hydrogen-bond donors (Lipinski definition) is 0. The number of fused-ring (bicyclic) bond motifs is 1. The molecule has 3 heterocycles. The summed E-state index contributed by atoms with van der Waals surface area (Å²) in [6.07, 6.45) is 4.98. The van der Waals surface area contributed by atoms with Gasteiger partial charge in [0, 0.05) is 30.6 Å². The summed E-state index contributed by atoms with van der Waals surface area (Å²) in [4.78, 5) is 30.4. The zero-order valence-corrected chi connectivity index (χ0v) is 24.6. The van der Waals surface area contributed by atoms with Crippen molar-refractivity contribution < 1.29 is 4.79 Å². The number of nitrogens with zero attached hydrogens (tertiary/aromatic N) is 7. The molecule has 0 aliphatic carbocycles. The monoisotopic (exact) mass is 543 g/mol. The minimum atomic E-state index is -0.463. The largest absolute Gasteiger partial charge is 0.348 e. The molecule has 0 unspecified atom stereocenters. The standard InChI is InChI=1S/C30H37N7OS/c1-7-9-16-36(17-10-8-2)29-34-25(21-14-12-11-13-15-21)27(39-29)33-24-20(3)22(19-31)28(38)37-26(24)32-23(35-37)18-30(4,5)6/h11-15H,7-10,16-18H2,1-6H3/b33-24-. The molecule has 1 aromatic carbocycles. The van der Waals surface area contributed by atoms with E-state index < -0.39 is 5.91 Å². The van der Waals surface area contributed by atoms with Crippen LogP contribution in [0.25, 0.3) is 11.3 Å². The van der Waals surface area contributed by atoms with Crippen LogP contribution in [0.5, 0.6) is 0 Å². The number of rotatable bonds is 10. The highest BCUT2D eigenvalue weighted by Gasteiger charge is 2.33. The van der Waals surface area contributed by atoms with E-state index in [9.17, 15) is 10.1 Å². The maximum absolute atomic E-state index is 13.1. The van der Waals surface area contributed by atoms with Gasteiger partial charge in [0.25, 0.3) is 5.91 Å². The topological polar surface area (TPSA) is 100 Å². The molecule has 8 nitrogen and oxygen atoms in total. The van der Waals surface area contributed by atoms with Crippen molar-refractivity contribution in [3.8, 4) is 17.3 Å². The van der Waals surface area contributed by atoms with Crippen molar-refractivity contribution in [2.75, 3.05) is 18.0 Å². The summed E-state index contributed by atoms with van der Waals surface area (Å²) in [5.74, 6) is 0.470. The summed E-state index contributed by atoms with van der Waals surface area (Å²) in [5.41, 5.74) is 2.71. The first-order chi connectivity index (χ1) is 18.7. The molecule has 1 aliphatic heterocycles. The van der Waals surface area contributed by atoms with Gasteiger partial charge in [0.2, 0.25) is 0 Å². The van der Waals surface area contributed by atoms with Gasteiger partial charge >= 0.3 is 0 Å². The number of anilines is 1. The lowest BCUT2D eigenvalue weighted by molar-refractivity contribution is 0.0941. The number of aliphatic imine (C=N–C) groups is 1. The molecule has 0 N–H and O–H groups in total. The maximum Gasteiger partial charge on any atom is 0.291 e. The number of carbonyl (C=O) groups excluding carboxylic acids is 1. The van der Waals surface area contributed by atoms with Gasteiger partial charge in [0.1, 0.15) is 28.0 Å². The Bertz CT molecular complexity index is 1430. The van der Waals surface area contributed by atoms with Crippen LogP contribution >= 0.6 is 11.3 Å². The Balaban J connectivity index is 1.89. The van der Waals surface area contributed by atoms with Gasteiger partial charge in [-0.2, -0.15) is 9.94 Å². The van der Waals surface area contributed by atoms with Crippen molar-refractivity contribution in [3.05, 3.63) is 53.1 Å². The molecule has 0 amide bonds. The molecule has 0 saturated heterocycles. The maximum atomic E-state index is 13.1. The predicted octanol–water partition coefficient (Wildman–Crippen LogP) is 7.01. The molecule has 0 fully saturated rings. The second-order valence-electron chi connectivity index (χ2n) is 11.1. The number of allylic oxidation sites excluding steroid dienone is 2. The number of nitriles is 1. The van der Waals surface area contributed by atoms with Gasteiger partial charge in [-0.1, -0.05) is 89.1 Å². The Hall–Kier alpha value is -3.64. The van der Waals surface area contributed by atoms with Crippen LogP contribution < -0.4 is 4.90 Å². The predicted molar refractivity (Wildman–Crippen MR) is 158 cm³/mol. The molecule has 0 atom stereocenters. The number of aromatic nitrogens is 4. The summed E-state index contributed by atoms with van der Waals surface area (Å²) in [5, 5.41) is 16.0. The van der Waals surface area contributed by atoms with E-state index in [-0.39, 0.29) is 11.0 Å². The third-order valence-corrected chi connectivity index (χ3v) is 7.50. The van der Waals surface area contributed by atoms with Crippen LogP contribution in [-0.4, -0.2) is 44.5 Å². The van der Waals surface area contributed by atoms with Gasteiger partial charge in [-0.15, -0.1) is 5.10 Å². The molecule has 0 saturated carbocycles. The SMILES string of the molecule is CCCCN(CCCC)c1nc(-c2ccccc2)c(/N=C2/C(C)=C(C#N)C(=O)n3nc(CC(C)(C)C)nc32)s1. The second-order valence-corrected chi connectivity index (χ2v) is 12.0. The van der Waals surface area contributed by atoms with Crippen LogP contribution in [0.15, 0.2) is 46.5 Å². The first-order valence-electron chi connectivity index (χ1n) is 13.7. The quantitative estimate of drug-likeness (QED) is 0.273. The Morgan fingerprint density at radius 1 is 1.08 bits per heavy atom. The lowest BCUT2D eigenvalue weighted by Gasteiger charge is -2.21. The van der Waals surface area contributed by atoms with E-state index in [1.54, 1.807) is 6.92 Å². The van der Waals surface area contributed by atoms with Crippen LogP contribution in [-0.2, 0) is 6.42 Å². The average Bonchev–Trinajstić information content (AvgIpc) is 3.51. The van der Waals surface area contributed by atoms with Crippen LogP contribution in [0.3, 0.4) is 0 Å². The van der Waals surface area contributed by atoms with E-state index in [1.165, 1.54) is 16.0 Å². The molecule has 0 radical (unpaired) electrons. The summed E-state index contributed by atoms with van der Waals surface area (Å²) < 4.78 is 1.24. The molecule has 2 aromatic heterocycles. The Morgan fingerprint density at radius 3 is 2.33 bits per heavy atom. The molecule has 0 bridgehead atoms. The normalized spacial score (nSPS) is 14.6. The van der Waals surface area contributed by atoms with Gasteiger partial charge in [0.15, 0.2) is 16.8 Å². The van der Waals surface area contributed by atoms with E-state index in [0.29, 0.717) is 29.4 Å². The second kappa shape index (κ2) is 12.0. The van der Waals surface area contributed by atoms with Crippen molar-refractivity contribution in [1.82, 2.24) is 19.7 Å². The van der Waals surface area contributed by atoms with Gasteiger partial charge < -0.3 is 4.90 Å². The van der Waals surface area contributed by atoms with Crippen LogP contribution in [0.1, 0.15) is 83.7 Å². The molecular weight excluding hydrogens is 506 g/mol. The fraction of sp³-hybridized carbons (Fsp3) is 0.467.